The van der Waals surface area contributed by atoms with Crippen LogP contribution in [0.3, 0.4) is 0 Å². The van der Waals surface area contributed by atoms with Crippen LogP contribution in [0.2, 0.25) is 0 Å². The van der Waals surface area contributed by atoms with Gasteiger partial charge in [0, 0.05) is 5.70 Å². The second-order valence-electron chi connectivity index (χ2n) is 5.83. The highest BCUT2D eigenvalue weighted by Gasteiger charge is 2.35. The van der Waals surface area contributed by atoms with Gasteiger partial charge in [0.15, 0.2) is 0 Å². The van der Waals surface area contributed by atoms with Crippen molar-refractivity contribution < 1.29 is 9.53 Å². The number of nitrogens with one attached hydrogen (secondary N) is 1. The zero-order chi connectivity index (χ0) is 17.1. The maximum Gasteiger partial charge on any atom is 0.338 e. The second-order valence-corrected chi connectivity index (χ2v) is 5.83. The van der Waals surface area contributed by atoms with Crippen molar-refractivity contribution in [1.82, 2.24) is 14.8 Å². The third-order valence-corrected chi connectivity index (χ3v) is 4.03. The summed E-state index contributed by atoms with van der Waals surface area (Å²) in [4.78, 5) is 17.0. The maximum absolute atomic E-state index is 12.7. The van der Waals surface area contributed by atoms with Crippen LogP contribution in [-0.2, 0) is 9.53 Å². The molecule has 1 aromatic heterocycles. The number of carbonyl (C=O) groups is 1. The molecule has 2 heterocycles. The van der Waals surface area contributed by atoms with Crippen molar-refractivity contribution in [2.45, 2.75) is 39.7 Å². The molecule has 6 heteroatoms. The molecule has 24 heavy (non-hydrogen) atoms. The number of aryl methyl sites for hydroxylation is 1. The summed E-state index contributed by atoms with van der Waals surface area (Å²) in [5.74, 6) is 0.346. The van der Waals surface area contributed by atoms with Gasteiger partial charge in [-0.25, -0.2) is 9.48 Å². The Balaban J connectivity index is 2.17. The van der Waals surface area contributed by atoms with Crippen LogP contribution in [0.25, 0.3) is 0 Å². The van der Waals surface area contributed by atoms with E-state index in [1.165, 1.54) is 6.33 Å². The van der Waals surface area contributed by atoms with Crippen LogP contribution in [-0.4, -0.2) is 27.3 Å². The third kappa shape index (κ3) is 2.91. The highest BCUT2D eigenvalue weighted by Crippen LogP contribution is 2.36. The molecule has 1 aromatic carbocycles. The van der Waals surface area contributed by atoms with Crippen molar-refractivity contribution in [1.29, 1.82) is 0 Å². The highest BCUT2D eigenvalue weighted by molar-refractivity contribution is 5.92. The zero-order valence-electron chi connectivity index (χ0n) is 14.2. The van der Waals surface area contributed by atoms with Gasteiger partial charge in [-0.3, -0.25) is 0 Å². The predicted molar refractivity (Wildman–Crippen MR) is 91.5 cm³/mol. The topological polar surface area (TPSA) is 69.0 Å². The van der Waals surface area contributed by atoms with E-state index in [0.29, 0.717) is 18.1 Å². The van der Waals surface area contributed by atoms with E-state index < -0.39 is 0 Å². The fourth-order valence-electron chi connectivity index (χ4n) is 3.06. The molecule has 1 atom stereocenters. The van der Waals surface area contributed by atoms with Crippen LogP contribution < -0.4 is 5.32 Å². The predicted octanol–water partition coefficient (Wildman–Crippen LogP) is 3.22. The molecule has 0 fully saturated rings. The lowest BCUT2D eigenvalue weighted by atomic mass is 9.93. The first kappa shape index (κ1) is 16.2. The third-order valence-electron chi connectivity index (χ3n) is 4.03. The molecule has 0 radical (unpaired) electrons. The summed E-state index contributed by atoms with van der Waals surface area (Å²) in [6.07, 6.45) is 3.17. The Morgan fingerprint density at radius 1 is 1.38 bits per heavy atom. The molecule has 126 valence electrons. The van der Waals surface area contributed by atoms with Gasteiger partial charge in [0.25, 0.3) is 0 Å². The van der Waals surface area contributed by atoms with Gasteiger partial charge in [-0.05, 0) is 25.8 Å². The number of benzene rings is 1. The monoisotopic (exact) mass is 326 g/mol. The molecule has 6 nitrogen and oxygen atoms in total. The number of esters is 1. The molecule has 1 aliphatic heterocycles. The van der Waals surface area contributed by atoms with E-state index >= 15 is 0 Å². The smallest absolute Gasteiger partial charge is 0.338 e. The van der Waals surface area contributed by atoms with Crippen LogP contribution >= 0.6 is 0 Å². The molecule has 0 unspecified atom stereocenters. The van der Waals surface area contributed by atoms with Crippen LogP contribution in [0.4, 0.5) is 5.95 Å². The number of anilines is 1. The van der Waals surface area contributed by atoms with Crippen molar-refractivity contribution >= 4 is 11.9 Å². The lowest BCUT2D eigenvalue weighted by Gasteiger charge is -2.29. The van der Waals surface area contributed by atoms with Gasteiger partial charge in [-0.1, -0.05) is 43.2 Å². The molecular formula is C18H22N4O2. The highest BCUT2D eigenvalue weighted by atomic mass is 16.5. The molecule has 2 aromatic rings. The first-order valence-electron chi connectivity index (χ1n) is 8.29. The van der Waals surface area contributed by atoms with Crippen LogP contribution in [0.1, 0.15) is 43.9 Å². The zero-order valence-corrected chi connectivity index (χ0v) is 14.2. The summed E-state index contributed by atoms with van der Waals surface area (Å²) in [6.45, 7) is 6.27. The summed E-state index contributed by atoms with van der Waals surface area (Å²) in [5, 5.41) is 7.58. The van der Waals surface area contributed by atoms with E-state index in [0.717, 1.165) is 29.7 Å². The van der Waals surface area contributed by atoms with E-state index in [-0.39, 0.29) is 12.0 Å². The molecule has 1 N–H and O–H groups in total. The Labute approximate surface area is 141 Å². The number of carbonyl (C=O) groups excluding carboxylic acids is 1. The summed E-state index contributed by atoms with van der Waals surface area (Å²) in [6, 6.07) is 7.78. The molecule has 0 aliphatic carbocycles. The number of fused-ring (bicyclic) bond motifs is 1. The van der Waals surface area contributed by atoms with E-state index in [2.05, 4.69) is 28.4 Å². The van der Waals surface area contributed by atoms with Crippen molar-refractivity contribution in [3.05, 3.63) is 53.0 Å². The molecule has 0 spiro atoms. The Bertz CT molecular complexity index is 779. The largest absolute Gasteiger partial charge is 0.463 e. The average Bonchev–Trinajstić information content (AvgIpc) is 3.02. The first-order chi connectivity index (χ1) is 11.7. The van der Waals surface area contributed by atoms with Gasteiger partial charge in [-0.2, -0.15) is 10.1 Å². The standard InChI is InChI=1S/C18H22N4O2/c1-4-7-14-15(17(23)24-5-2)16(13-9-6-8-12(3)10-13)22-18(21-14)19-11-20-22/h6,8-11,16H,4-5,7H2,1-3H3,(H,19,20,21)/t16-/m1/s1. The van der Waals surface area contributed by atoms with Crippen LogP contribution in [0, 0.1) is 6.92 Å². The number of nitrogens with zero attached hydrogens (tertiary/aromatic N) is 3. The van der Waals surface area contributed by atoms with E-state index in [4.69, 9.17) is 4.74 Å². The van der Waals surface area contributed by atoms with Gasteiger partial charge in [0.2, 0.25) is 5.95 Å². The fourth-order valence-corrected chi connectivity index (χ4v) is 3.06. The minimum atomic E-state index is -0.329. The number of hydrogen-bond acceptors (Lipinski definition) is 5. The molecule has 0 saturated carbocycles. The molecule has 3 rings (SSSR count). The molecule has 0 amide bonds. The van der Waals surface area contributed by atoms with E-state index in [1.54, 1.807) is 4.68 Å². The Morgan fingerprint density at radius 3 is 2.92 bits per heavy atom. The normalized spacial score (nSPS) is 16.5. The van der Waals surface area contributed by atoms with Gasteiger partial charge in [-0.15, -0.1) is 0 Å². The molecule has 1 aliphatic rings. The van der Waals surface area contributed by atoms with Crippen LogP contribution in [0.5, 0.6) is 0 Å². The van der Waals surface area contributed by atoms with Crippen molar-refractivity contribution in [2.75, 3.05) is 11.9 Å². The second kappa shape index (κ2) is 6.86. The van der Waals surface area contributed by atoms with Crippen LogP contribution in [0.15, 0.2) is 41.9 Å². The van der Waals surface area contributed by atoms with Gasteiger partial charge in [0.1, 0.15) is 12.4 Å². The molecule has 0 bridgehead atoms. The number of allylic oxidation sites excluding steroid dienone is 1. The quantitative estimate of drug-likeness (QED) is 0.854. The minimum Gasteiger partial charge on any atom is -0.463 e. The van der Waals surface area contributed by atoms with Crippen molar-refractivity contribution in [3.63, 3.8) is 0 Å². The van der Waals surface area contributed by atoms with Gasteiger partial charge < -0.3 is 10.1 Å². The average molecular weight is 326 g/mol. The summed E-state index contributed by atoms with van der Waals surface area (Å²) in [7, 11) is 0. The van der Waals surface area contributed by atoms with Gasteiger partial charge >= 0.3 is 5.97 Å². The van der Waals surface area contributed by atoms with E-state index in [9.17, 15) is 4.79 Å². The number of ether oxygens (including phenoxy) is 1. The number of hydrogen-bond donors (Lipinski definition) is 1. The number of aromatic nitrogens is 3. The minimum absolute atomic E-state index is 0.305. The van der Waals surface area contributed by atoms with Crippen molar-refractivity contribution in [3.8, 4) is 0 Å². The maximum atomic E-state index is 12.7. The molecule has 0 saturated heterocycles. The SMILES string of the molecule is CCCC1=C(C(=O)OCC)[C@@H](c2cccc(C)c2)n2ncnc2N1. The summed E-state index contributed by atoms with van der Waals surface area (Å²) >= 11 is 0. The Hall–Kier alpha value is -2.63. The van der Waals surface area contributed by atoms with E-state index in [1.807, 2.05) is 32.0 Å². The molecular weight excluding hydrogens is 304 g/mol. The summed E-state index contributed by atoms with van der Waals surface area (Å²) < 4.78 is 7.08. The van der Waals surface area contributed by atoms with Gasteiger partial charge in [0.05, 0.1) is 12.2 Å². The lowest BCUT2D eigenvalue weighted by Crippen LogP contribution is -2.30. The number of rotatable bonds is 5. The Morgan fingerprint density at radius 2 is 2.21 bits per heavy atom. The first-order valence-corrected chi connectivity index (χ1v) is 8.29. The lowest BCUT2D eigenvalue weighted by molar-refractivity contribution is -0.139. The van der Waals surface area contributed by atoms with Crippen molar-refractivity contribution in [2.24, 2.45) is 0 Å². The Kier molecular flexibility index (Phi) is 4.64. The summed E-state index contributed by atoms with van der Waals surface area (Å²) in [5.41, 5.74) is 3.61. The fraction of sp³-hybridized carbons (Fsp3) is 0.389.